The first-order chi connectivity index (χ1) is 14.5. The molecule has 30 heavy (non-hydrogen) atoms. The second kappa shape index (κ2) is 8.11. The Hall–Kier alpha value is -3.46. The number of benzene rings is 1. The number of carbonyl (C=O) groups is 1. The molecule has 4 aromatic rings. The topological polar surface area (TPSA) is 82.4 Å². The number of aryl methyl sites for hydroxylation is 2. The lowest BCUT2D eigenvalue weighted by Crippen LogP contribution is -2.31. The van der Waals surface area contributed by atoms with Gasteiger partial charge in [0, 0.05) is 18.9 Å². The first kappa shape index (κ1) is 19.8. The number of hydrogen-bond donors (Lipinski definition) is 0. The monoisotopic (exact) mass is 423 g/mol. The molecule has 8 nitrogen and oxygen atoms in total. The fourth-order valence-corrected chi connectivity index (χ4v) is 4.15. The van der Waals surface area contributed by atoms with Crippen LogP contribution in [0, 0.1) is 6.92 Å². The number of nitrogens with zero attached hydrogens (tertiary/aromatic N) is 5. The van der Waals surface area contributed by atoms with Gasteiger partial charge in [0.1, 0.15) is 21.7 Å². The van der Waals surface area contributed by atoms with E-state index in [9.17, 15) is 4.79 Å². The highest BCUT2D eigenvalue weighted by atomic mass is 32.1. The van der Waals surface area contributed by atoms with E-state index < -0.39 is 0 Å². The first-order valence-electron chi connectivity index (χ1n) is 9.25. The van der Waals surface area contributed by atoms with Gasteiger partial charge in [-0.3, -0.25) is 19.4 Å². The lowest BCUT2D eigenvalue weighted by molar-refractivity contribution is 0.0979. The number of anilines is 1. The molecular formula is C21H21N5O3S. The molecule has 0 fully saturated rings. The summed E-state index contributed by atoms with van der Waals surface area (Å²) in [6, 6.07) is 11.0. The van der Waals surface area contributed by atoms with Crippen LogP contribution in [-0.4, -0.2) is 39.9 Å². The number of thiazole rings is 1. The summed E-state index contributed by atoms with van der Waals surface area (Å²) in [5.74, 6) is 1.04. The van der Waals surface area contributed by atoms with Gasteiger partial charge in [-0.25, -0.2) is 4.98 Å². The van der Waals surface area contributed by atoms with Gasteiger partial charge in [-0.15, -0.1) is 0 Å². The van der Waals surface area contributed by atoms with E-state index in [1.807, 2.05) is 38.2 Å². The number of fused-ring (bicyclic) bond motifs is 1. The predicted octanol–water partition coefficient (Wildman–Crippen LogP) is 3.60. The smallest absolute Gasteiger partial charge is 0.280 e. The standard InChI is InChI=1S/C21H21N5O3S/c1-13-11-15(24-25(13)2)20(27)26(12-14-7-5-6-10-22-14)21-23-18-16(28-3)8-9-17(29-4)19(18)30-21/h5-11H,12H2,1-4H3. The molecule has 0 aliphatic carbocycles. The zero-order chi connectivity index (χ0) is 21.3. The van der Waals surface area contributed by atoms with Crippen molar-refractivity contribution in [1.82, 2.24) is 19.7 Å². The van der Waals surface area contributed by atoms with Gasteiger partial charge in [-0.1, -0.05) is 17.4 Å². The molecule has 9 heteroatoms. The van der Waals surface area contributed by atoms with E-state index in [1.165, 1.54) is 11.3 Å². The maximum Gasteiger partial charge on any atom is 0.280 e. The molecule has 4 rings (SSSR count). The number of methoxy groups -OCH3 is 2. The van der Waals surface area contributed by atoms with Crippen LogP contribution in [0.25, 0.3) is 10.2 Å². The number of carbonyl (C=O) groups excluding carboxylic acids is 1. The first-order valence-corrected chi connectivity index (χ1v) is 10.1. The molecule has 0 spiro atoms. The summed E-state index contributed by atoms with van der Waals surface area (Å²) in [6.45, 7) is 2.17. The van der Waals surface area contributed by atoms with Crippen LogP contribution in [0.3, 0.4) is 0 Å². The third-order valence-electron chi connectivity index (χ3n) is 4.75. The van der Waals surface area contributed by atoms with E-state index in [-0.39, 0.29) is 12.5 Å². The van der Waals surface area contributed by atoms with Crippen molar-refractivity contribution < 1.29 is 14.3 Å². The third-order valence-corrected chi connectivity index (χ3v) is 5.85. The summed E-state index contributed by atoms with van der Waals surface area (Å²) in [7, 11) is 5.00. The molecule has 1 amide bonds. The van der Waals surface area contributed by atoms with Crippen molar-refractivity contribution >= 4 is 32.6 Å². The molecule has 0 unspecified atom stereocenters. The quantitative estimate of drug-likeness (QED) is 0.471. The minimum Gasteiger partial charge on any atom is -0.495 e. The van der Waals surface area contributed by atoms with Crippen molar-refractivity contribution in [3.8, 4) is 11.5 Å². The molecule has 0 N–H and O–H groups in total. The lowest BCUT2D eigenvalue weighted by Gasteiger charge is -2.18. The summed E-state index contributed by atoms with van der Waals surface area (Å²) in [6.07, 6.45) is 1.70. The number of pyridine rings is 1. The molecule has 0 bridgehead atoms. The zero-order valence-corrected chi connectivity index (χ0v) is 17.9. The Labute approximate surface area is 177 Å². The molecule has 0 aliphatic rings. The van der Waals surface area contributed by atoms with Crippen LogP contribution >= 0.6 is 11.3 Å². The molecule has 1 aromatic carbocycles. The van der Waals surface area contributed by atoms with Crippen molar-refractivity contribution in [2.24, 2.45) is 7.05 Å². The van der Waals surface area contributed by atoms with Crippen molar-refractivity contribution in [1.29, 1.82) is 0 Å². The molecule has 3 heterocycles. The number of amides is 1. The number of aromatic nitrogens is 4. The van der Waals surface area contributed by atoms with Crippen molar-refractivity contribution in [3.05, 3.63) is 59.7 Å². The minimum atomic E-state index is -0.249. The van der Waals surface area contributed by atoms with E-state index >= 15 is 0 Å². The highest BCUT2D eigenvalue weighted by Gasteiger charge is 2.26. The molecule has 0 saturated heterocycles. The second-order valence-corrected chi connectivity index (χ2v) is 7.63. The summed E-state index contributed by atoms with van der Waals surface area (Å²) in [4.78, 5) is 24.1. The van der Waals surface area contributed by atoms with Crippen LogP contribution < -0.4 is 14.4 Å². The van der Waals surface area contributed by atoms with Gasteiger partial charge >= 0.3 is 0 Å². The van der Waals surface area contributed by atoms with Crippen LogP contribution in [0.5, 0.6) is 11.5 Å². The average Bonchev–Trinajstić information content (AvgIpc) is 3.35. The maximum absolute atomic E-state index is 13.4. The average molecular weight is 423 g/mol. The fourth-order valence-electron chi connectivity index (χ4n) is 3.07. The van der Waals surface area contributed by atoms with E-state index in [1.54, 1.807) is 42.1 Å². The number of ether oxygens (including phenoxy) is 2. The normalized spacial score (nSPS) is 10.9. The third kappa shape index (κ3) is 3.59. The summed E-state index contributed by atoms with van der Waals surface area (Å²) >= 11 is 1.37. The molecule has 3 aromatic heterocycles. The molecule has 0 radical (unpaired) electrons. The van der Waals surface area contributed by atoms with E-state index in [2.05, 4.69) is 10.1 Å². The maximum atomic E-state index is 13.4. The molecule has 0 aliphatic heterocycles. The van der Waals surface area contributed by atoms with Gasteiger partial charge in [0.15, 0.2) is 10.8 Å². The fraction of sp³-hybridized carbons (Fsp3) is 0.238. The molecule has 0 saturated carbocycles. The van der Waals surface area contributed by atoms with Crippen LogP contribution in [0.1, 0.15) is 21.9 Å². The van der Waals surface area contributed by atoms with Crippen LogP contribution in [0.15, 0.2) is 42.6 Å². The van der Waals surface area contributed by atoms with Crippen LogP contribution in [0.2, 0.25) is 0 Å². The van der Waals surface area contributed by atoms with Crippen LogP contribution in [0.4, 0.5) is 5.13 Å². The highest BCUT2D eigenvalue weighted by molar-refractivity contribution is 7.22. The molecule has 0 atom stereocenters. The SMILES string of the molecule is COc1ccc(OC)c2sc(N(Cc3ccccn3)C(=O)c3cc(C)n(C)n3)nc12. The van der Waals surface area contributed by atoms with E-state index in [0.717, 1.165) is 16.1 Å². The zero-order valence-electron chi connectivity index (χ0n) is 17.1. The van der Waals surface area contributed by atoms with Gasteiger partial charge < -0.3 is 9.47 Å². The highest BCUT2D eigenvalue weighted by Crippen LogP contribution is 2.40. The van der Waals surface area contributed by atoms with Crippen molar-refractivity contribution in [3.63, 3.8) is 0 Å². The van der Waals surface area contributed by atoms with Gasteiger partial charge in [-0.05, 0) is 37.3 Å². The molecular weight excluding hydrogens is 402 g/mol. The van der Waals surface area contributed by atoms with Gasteiger partial charge in [0.25, 0.3) is 5.91 Å². The Kier molecular flexibility index (Phi) is 5.37. The van der Waals surface area contributed by atoms with Crippen molar-refractivity contribution in [2.45, 2.75) is 13.5 Å². The summed E-state index contributed by atoms with van der Waals surface area (Å²) in [5.41, 5.74) is 2.64. The largest absolute Gasteiger partial charge is 0.495 e. The van der Waals surface area contributed by atoms with Gasteiger partial charge in [0.2, 0.25) is 0 Å². The second-order valence-electron chi connectivity index (χ2n) is 6.65. The Morgan fingerprint density at radius 2 is 1.93 bits per heavy atom. The lowest BCUT2D eigenvalue weighted by atomic mass is 10.3. The Morgan fingerprint density at radius 1 is 1.17 bits per heavy atom. The summed E-state index contributed by atoms with van der Waals surface area (Å²) < 4.78 is 13.4. The predicted molar refractivity (Wildman–Crippen MR) is 115 cm³/mol. The molecule has 154 valence electrons. The van der Waals surface area contributed by atoms with E-state index in [4.69, 9.17) is 14.5 Å². The van der Waals surface area contributed by atoms with Gasteiger partial charge in [0.05, 0.1) is 26.5 Å². The Bertz CT molecular complexity index is 1140. The Morgan fingerprint density at radius 3 is 2.57 bits per heavy atom. The van der Waals surface area contributed by atoms with E-state index in [0.29, 0.717) is 27.8 Å². The Balaban J connectivity index is 1.83. The minimum absolute atomic E-state index is 0.249. The number of hydrogen-bond acceptors (Lipinski definition) is 7. The van der Waals surface area contributed by atoms with Gasteiger partial charge in [-0.2, -0.15) is 5.10 Å². The summed E-state index contributed by atoms with van der Waals surface area (Å²) in [5, 5.41) is 4.87. The van der Waals surface area contributed by atoms with Crippen molar-refractivity contribution in [2.75, 3.05) is 19.1 Å². The number of rotatable bonds is 6. The van der Waals surface area contributed by atoms with Crippen LogP contribution in [-0.2, 0) is 13.6 Å².